The van der Waals surface area contributed by atoms with Crippen molar-refractivity contribution in [1.82, 2.24) is 0 Å². The largest absolute Gasteiger partial charge is 0.497 e. The van der Waals surface area contributed by atoms with Gasteiger partial charge in [-0.2, -0.15) is 0 Å². The van der Waals surface area contributed by atoms with E-state index in [9.17, 15) is 5.11 Å². The van der Waals surface area contributed by atoms with E-state index in [-0.39, 0.29) is 0 Å². The highest BCUT2D eigenvalue weighted by molar-refractivity contribution is 9.10. The molecule has 1 N–H and O–H groups in total. The molecule has 0 amide bonds. The predicted octanol–water partition coefficient (Wildman–Crippen LogP) is 4.50. The van der Waals surface area contributed by atoms with E-state index in [0.29, 0.717) is 12.2 Å². The van der Waals surface area contributed by atoms with Crippen molar-refractivity contribution in [2.45, 2.75) is 12.5 Å². The third-order valence-corrected chi connectivity index (χ3v) is 4.48. The summed E-state index contributed by atoms with van der Waals surface area (Å²) in [7, 11) is 3.22. The second-order valence-electron chi connectivity index (χ2n) is 4.56. The van der Waals surface area contributed by atoms with Gasteiger partial charge in [0.25, 0.3) is 0 Å². The summed E-state index contributed by atoms with van der Waals surface area (Å²) in [6, 6.07) is 11.3. The minimum absolute atomic E-state index is 0.463. The molecule has 1 atom stereocenters. The van der Waals surface area contributed by atoms with E-state index in [1.807, 2.05) is 36.4 Å². The van der Waals surface area contributed by atoms with Crippen molar-refractivity contribution in [3.05, 3.63) is 56.5 Å². The maximum Gasteiger partial charge on any atom is 0.124 e. The van der Waals surface area contributed by atoms with Gasteiger partial charge in [-0.1, -0.05) is 31.9 Å². The van der Waals surface area contributed by atoms with E-state index in [1.54, 1.807) is 14.2 Å². The summed E-state index contributed by atoms with van der Waals surface area (Å²) in [4.78, 5) is 0. The van der Waals surface area contributed by atoms with Crippen LogP contribution < -0.4 is 9.47 Å². The van der Waals surface area contributed by atoms with E-state index in [2.05, 4.69) is 31.9 Å². The summed E-state index contributed by atoms with van der Waals surface area (Å²) < 4.78 is 12.4. The van der Waals surface area contributed by atoms with E-state index >= 15 is 0 Å². The van der Waals surface area contributed by atoms with Crippen LogP contribution in [0.3, 0.4) is 0 Å². The van der Waals surface area contributed by atoms with Crippen molar-refractivity contribution < 1.29 is 14.6 Å². The van der Waals surface area contributed by atoms with Crippen LogP contribution in [0.1, 0.15) is 17.2 Å². The molecule has 5 heteroatoms. The van der Waals surface area contributed by atoms with Gasteiger partial charge in [-0.15, -0.1) is 0 Å². The molecule has 0 aromatic heterocycles. The Morgan fingerprint density at radius 1 is 1.05 bits per heavy atom. The number of halogens is 2. The molecule has 2 aromatic rings. The highest BCUT2D eigenvalue weighted by Crippen LogP contribution is 2.33. The second kappa shape index (κ2) is 7.29. The lowest BCUT2D eigenvalue weighted by Gasteiger charge is -2.16. The van der Waals surface area contributed by atoms with Crippen LogP contribution in [-0.4, -0.2) is 19.3 Å². The molecule has 1 unspecified atom stereocenters. The molecular formula is C16H16Br2O3. The monoisotopic (exact) mass is 414 g/mol. The molecule has 112 valence electrons. The van der Waals surface area contributed by atoms with Gasteiger partial charge in [-0.05, 0) is 42.0 Å². The quantitative estimate of drug-likeness (QED) is 0.780. The maximum absolute atomic E-state index is 10.5. The summed E-state index contributed by atoms with van der Waals surface area (Å²) in [6.45, 7) is 0. The first-order valence-corrected chi connectivity index (χ1v) is 7.97. The van der Waals surface area contributed by atoms with Crippen LogP contribution in [0.2, 0.25) is 0 Å². The van der Waals surface area contributed by atoms with E-state index in [1.165, 1.54) is 0 Å². The summed E-state index contributed by atoms with van der Waals surface area (Å²) in [5.74, 6) is 1.44. The number of methoxy groups -OCH3 is 2. The van der Waals surface area contributed by atoms with Gasteiger partial charge < -0.3 is 14.6 Å². The lowest BCUT2D eigenvalue weighted by molar-refractivity contribution is 0.173. The molecule has 0 saturated heterocycles. The fourth-order valence-electron chi connectivity index (χ4n) is 2.12. The number of hydrogen-bond acceptors (Lipinski definition) is 3. The second-order valence-corrected chi connectivity index (χ2v) is 6.33. The molecule has 0 radical (unpaired) electrons. The van der Waals surface area contributed by atoms with Crippen molar-refractivity contribution in [1.29, 1.82) is 0 Å². The van der Waals surface area contributed by atoms with Crippen LogP contribution in [-0.2, 0) is 6.42 Å². The third kappa shape index (κ3) is 3.99. The number of aliphatic hydroxyl groups excluding tert-OH is 1. The van der Waals surface area contributed by atoms with Crippen molar-refractivity contribution in [3.63, 3.8) is 0 Å². The molecular weight excluding hydrogens is 400 g/mol. The zero-order chi connectivity index (χ0) is 15.4. The van der Waals surface area contributed by atoms with E-state index in [4.69, 9.17) is 9.47 Å². The molecule has 0 heterocycles. The molecule has 2 rings (SSSR count). The maximum atomic E-state index is 10.5. The van der Waals surface area contributed by atoms with Gasteiger partial charge in [0.2, 0.25) is 0 Å². The van der Waals surface area contributed by atoms with Gasteiger partial charge in [-0.25, -0.2) is 0 Å². The van der Waals surface area contributed by atoms with Crippen molar-refractivity contribution in [2.75, 3.05) is 14.2 Å². The normalized spacial score (nSPS) is 12.0. The average molecular weight is 416 g/mol. The first kappa shape index (κ1) is 16.3. The standard InChI is InChI=1S/C16H16Br2O3/c1-20-12-4-5-14(18)10(7-12)8-15(19)13-9-11(17)3-6-16(13)21-2/h3-7,9,15,19H,8H2,1-2H3. The molecule has 0 bridgehead atoms. The van der Waals surface area contributed by atoms with Gasteiger partial charge in [0.15, 0.2) is 0 Å². The van der Waals surface area contributed by atoms with Gasteiger partial charge in [0.05, 0.1) is 20.3 Å². The summed E-state index contributed by atoms with van der Waals surface area (Å²) in [6.07, 6.45) is -0.203. The molecule has 0 aliphatic carbocycles. The van der Waals surface area contributed by atoms with Gasteiger partial charge in [-0.3, -0.25) is 0 Å². The van der Waals surface area contributed by atoms with Crippen molar-refractivity contribution >= 4 is 31.9 Å². The molecule has 0 aliphatic heterocycles. The SMILES string of the molecule is COc1ccc(Br)c(CC(O)c2cc(Br)ccc2OC)c1. The Labute approximate surface area is 141 Å². The number of hydrogen-bond donors (Lipinski definition) is 1. The van der Waals surface area contributed by atoms with E-state index < -0.39 is 6.10 Å². The minimum Gasteiger partial charge on any atom is -0.497 e. The Morgan fingerprint density at radius 2 is 1.81 bits per heavy atom. The summed E-state index contributed by atoms with van der Waals surface area (Å²) in [5, 5.41) is 10.5. The average Bonchev–Trinajstić information content (AvgIpc) is 2.49. The summed E-state index contributed by atoms with van der Waals surface area (Å²) >= 11 is 6.92. The smallest absolute Gasteiger partial charge is 0.124 e. The molecule has 0 fully saturated rings. The molecule has 21 heavy (non-hydrogen) atoms. The van der Waals surface area contributed by atoms with Crippen LogP contribution in [0.25, 0.3) is 0 Å². The van der Waals surface area contributed by atoms with Gasteiger partial charge in [0.1, 0.15) is 11.5 Å². The number of rotatable bonds is 5. The Bertz CT molecular complexity index is 629. The summed E-state index contributed by atoms with van der Waals surface area (Å²) in [5.41, 5.74) is 1.73. The Hall–Kier alpha value is -1.04. The van der Waals surface area contributed by atoms with Gasteiger partial charge >= 0.3 is 0 Å². The third-order valence-electron chi connectivity index (χ3n) is 3.22. The van der Waals surface area contributed by atoms with Crippen LogP contribution >= 0.6 is 31.9 Å². The minimum atomic E-state index is -0.666. The van der Waals surface area contributed by atoms with Crippen LogP contribution in [0.15, 0.2) is 45.3 Å². The fourth-order valence-corrected chi connectivity index (χ4v) is 2.91. The predicted molar refractivity (Wildman–Crippen MR) is 90.1 cm³/mol. The fraction of sp³-hybridized carbons (Fsp3) is 0.250. The Balaban J connectivity index is 2.29. The van der Waals surface area contributed by atoms with E-state index in [0.717, 1.165) is 25.8 Å². The van der Waals surface area contributed by atoms with Crippen LogP contribution in [0.4, 0.5) is 0 Å². The Kier molecular flexibility index (Phi) is 5.67. The Morgan fingerprint density at radius 3 is 2.48 bits per heavy atom. The lowest BCUT2D eigenvalue weighted by atomic mass is 10.0. The zero-order valence-corrected chi connectivity index (χ0v) is 14.9. The van der Waals surface area contributed by atoms with Crippen LogP contribution in [0.5, 0.6) is 11.5 Å². The highest BCUT2D eigenvalue weighted by atomic mass is 79.9. The number of aliphatic hydroxyl groups is 1. The van der Waals surface area contributed by atoms with Crippen molar-refractivity contribution in [2.24, 2.45) is 0 Å². The molecule has 0 aliphatic rings. The lowest BCUT2D eigenvalue weighted by Crippen LogP contribution is -2.05. The van der Waals surface area contributed by atoms with Gasteiger partial charge in [0, 0.05) is 20.9 Å². The topological polar surface area (TPSA) is 38.7 Å². The molecule has 0 spiro atoms. The highest BCUT2D eigenvalue weighted by Gasteiger charge is 2.16. The van der Waals surface area contributed by atoms with Crippen molar-refractivity contribution in [3.8, 4) is 11.5 Å². The number of ether oxygens (including phenoxy) is 2. The first-order chi connectivity index (χ1) is 10.0. The zero-order valence-electron chi connectivity index (χ0n) is 11.8. The van der Waals surface area contributed by atoms with Crippen LogP contribution in [0, 0.1) is 0 Å². The first-order valence-electron chi connectivity index (χ1n) is 6.39. The molecule has 2 aromatic carbocycles. The number of benzene rings is 2. The molecule has 3 nitrogen and oxygen atoms in total. The molecule has 0 saturated carbocycles.